The highest BCUT2D eigenvalue weighted by molar-refractivity contribution is 6.47. The molecular weight excluding hydrogens is 352 g/mol. The molecule has 0 bridgehead atoms. The molecule has 6 nitrogen and oxygen atoms in total. The van der Waals surface area contributed by atoms with Crippen LogP contribution in [0, 0.1) is 0 Å². The van der Waals surface area contributed by atoms with E-state index in [9.17, 15) is 4.79 Å². The van der Waals surface area contributed by atoms with Crippen molar-refractivity contribution in [2.75, 3.05) is 6.54 Å². The minimum atomic E-state index is -0.460. The van der Waals surface area contributed by atoms with E-state index in [0.29, 0.717) is 18.5 Å². The number of rotatable bonds is 10. The van der Waals surface area contributed by atoms with Gasteiger partial charge in [-0.15, -0.1) is 18.2 Å². The van der Waals surface area contributed by atoms with Gasteiger partial charge >= 0.3 is 0 Å². The second-order valence-corrected chi connectivity index (χ2v) is 6.73. The minimum Gasteiger partial charge on any atom is -0.366 e. The first-order valence-corrected chi connectivity index (χ1v) is 9.13. The van der Waals surface area contributed by atoms with Crippen LogP contribution in [-0.4, -0.2) is 46.5 Å². The van der Waals surface area contributed by atoms with Crippen LogP contribution in [0.15, 0.2) is 58.6 Å². The molecule has 7 heteroatoms. The van der Waals surface area contributed by atoms with Crippen molar-refractivity contribution in [3.8, 4) is 0 Å². The first-order chi connectivity index (χ1) is 12.5. The molecule has 0 saturated carbocycles. The van der Waals surface area contributed by atoms with Gasteiger partial charge in [0, 0.05) is 12.1 Å². The molecule has 2 aliphatic rings. The van der Waals surface area contributed by atoms with Crippen LogP contribution in [0.2, 0.25) is 0 Å². The van der Waals surface area contributed by atoms with E-state index in [1.54, 1.807) is 18.2 Å². The van der Waals surface area contributed by atoms with E-state index in [1.165, 1.54) is 0 Å². The number of allylic oxidation sites excluding steroid dienone is 3. The quantitative estimate of drug-likeness (QED) is 0.236. The van der Waals surface area contributed by atoms with Crippen LogP contribution in [0.1, 0.15) is 25.7 Å². The molecule has 1 aliphatic heterocycles. The molecule has 26 heavy (non-hydrogen) atoms. The van der Waals surface area contributed by atoms with Crippen LogP contribution < -0.4 is 11.2 Å². The summed E-state index contributed by atoms with van der Waals surface area (Å²) in [7, 11) is 0. The molecule has 3 unspecified atom stereocenters. The van der Waals surface area contributed by atoms with E-state index < -0.39 is 5.91 Å². The molecule has 1 heterocycles. The molecule has 0 saturated heterocycles. The lowest BCUT2D eigenvalue weighted by atomic mass is 9.94. The van der Waals surface area contributed by atoms with Gasteiger partial charge < -0.3 is 10.9 Å². The van der Waals surface area contributed by atoms with Gasteiger partial charge in [-0.1, -0.05) is 24.3 Å². The Morgan fingerprint density at radius 2 is 2.23 bits per heavy atom. The number of unbranched alkanes of at least 4 members (excludes halogenated alkanes) is 1. The number of nitrogens with one attached hydrogen (secondary N) is 1. The third kappa shape index (κ3) is 5.76. The smallest absolute Gasteiger partial charge is 0.248 e. The molecule has 3 atom stereocenters. The van der Waals surface area contributed by atoms with Gasteiger partial charge in [0.05, 0.1) is 28.9 Å². The maximum atomic E-state index is 11.4. The summed E-state index contributed by atoms with van der Waals surface area (Å²) in [6.45, 7) is 4.21. The summed E-state index contributed by atoms with van der Waals surface area (Å²) in [5.41, 5.74) is 9.70. The maximum absolute atomic E-state index is 11.4. The van der Waals surface area contributed by atoms with E-state index >= 15 is 0 Å². The highest BCUT2D eigenvalue weighted by atomic mass is 35.5. The fraction of sp³-hybridized carbons (Fsp3) is 0.421. The van der Waals surface area contributed by atoms with Crippen molar-refractivity contribution in [2.24, 2.45) is 15.7 Å². The molecule has 1 amide bonds. The number of alkyl halides is 1. The Labute approximate surface area is 158 Å². The summed E-state index contributed by atoms with van der Waals surface area (Å²) in [6.07, 6.45) is 14.1. The Balaban J connectivity index is 2.16. The zero-order valence-electron chi connectivity index (χ0n) is 14.6. The number of hydrogen-bond acceptors (Lipinski definition) is 5. The molecule has 0 radical (unpaired) electrons. The van der Waals surface area contributed by atoms with Gasteiger partial charge in [-0.05, 0) is 37.8 Å². The van der Waals surface area contributed by atoms with Gasteiger partial charge in [0.15, 0.2) is 0 Å². The molecule has 1 aliphatic carbocycles. The monoisotopic (exact) mass is 376 g/mol. The number of aliphatic imine (C=N–C) groups is 2. The molecule has 0 aromatic carbocycles. The molecule has 0 aromatic heterocycles. The maximum Gasteiger partial charge on any atom is 0.248 e. The number of amides is 1. The van der Waals surface area contributed by atoms with Crippen LogP contribution in [0.25, 0.3) is 0 Å². The standard InChI is InChI=1S/C19H25ClN4O2/c1-2-14(20)6-5-8-16-15(7-3-4-11-22-26)24-18-12-13(19(21)25)9-10-17(18)23-16/h2,5,8-10,12,14,17-18,22,26H,1,3-4,6-7,11H2,(H2,21,25)/b8-5+. The van der Waals surface area contributed by atoms with Crippen molar-refractivity contribution in [1.82, 2.24) is 5.48 Å². The number of nitrogens with zero attached hydrogens (tertiary/aromatic N) is 2. The van der Waals surface area contributed by atoms with Crippen LogP contribution in [-0.2, 0) is 4.79 Å². The highest BCUT2D eigenvalue weighted by Gasteiger charge is 2.26. The van der Waals surface area contributed by atoms with Crippen LogP contribution in [0.4, 0.5) is 0 Å². The third-order valence-electron chi connectivity index (χ3n) is 4.19. The van der Waals surface area contributed by atoms with Crippen molar-refractivity contribution < 1.29 is 10.0 Å². The Kier molecular flexibility index (Phi) is 7.97. The van der Waals surface area contributed by atoms with E-state index in [4.69, 9.17) is 32.5 Å². The van der Waals surface area contributed by atoms with Crippen molar-refractivity contribution >= 4 is 28.9 Å². The van der Waals surface area contributed by atoms with Crippen LogP contribution in [0.5, 0.6) is 0 Å². The third-order valence-corrected chi connectivity index (χ3v) is 4.55. The van der Waals surface area contributed by atoms with Gasteiger partial charge in [0.2, 0.25) is 5.91 Å². The zero-order valence-corrected chi connectivity index (χ0v) is 15.4. The minimum absolute atomic E-state index is 0.116. The number of carbonyl (C=O) groups excluding carboxylic acids is 1. The Morgan fingerprint density at radius 3 is 2.92 bits per heavy atom. The second-order valence-electron chi connectivity index (χ2n) is 6.17. The fourth-order valence-electron chi connectivity index (χ4n) is 2.77. The lowest BCUT2D eigenvalue weighted by Gasteiger charge is -2.26. The van der Waals surface area contributed by atoms with Gasteiger partial charge in [0.25, 0.3) is 0 Å². The second kappa shape index (κ2) is 10.2. The van der Waals surface area contributed by atoms with E-state index in [0.717, 1.165) is 30.7 Å². The molecular formula is C19H25ClN4O2. The van der Waals surface area contributed by atoms with E-state index in [1.807, 2.05) is 18.2 Å². The first-order valence-electron chi connectivity index (χ1n) is 8.70. The van der Waals surface area contributed by atoms with E-state index in [2.05, 4.69) is 12.1 Å². The predicted octanol–water partition coefficient (Wildman–Crippen LogP) is 2.49. The Hall–Kier alpha value is -2.02. The highest BCUT2D eigenvalue weighted by Crippen LogP contribution is 2.22. The number of fused-ring (bicyclic) bond motifs is 1. The van der Waals surface area contributed by atoms with Crippen molar-refractivity contribution in [3.05, 3.63) is 48.6 Å². The van der Waals surface area contributed by atoms with E-state index in [-0.39, 0.29) is 17.5 Å². The summed E-state index contributed by atoms with van der Waals surface area (Å²) >= 11 is 6.06. The van der Waals surface area contributed by atoms with Crippen LogP contribution >= 0.6 is 11.6 Å². The van der Waals surface area contributed by atoms with Gasteiger partial charge in [-0.25, -0.2) is 5.48 Å². The van der Waals surface area contributed by atoms with Crippen molar-refractivity contribution in [3.63, 3.8) is 0 Å². The SMILES string of the molecule is C=CC(Cl)C/C=C/C1=NC2C=CC(C(N)=O)=CC2N=C1CCCCNO. The average molecular weight is 377 g/mol. The molecule has 0 spiro atoms. The lowest BCUT2D eigenvalue weighted by molar-refractivity contribution is -0.114. The lowest BCUT2D eigenvalue weighted by Crippen LogP contribution is -2.33. The summed E-state index contributed by atoms with van der Waals surface area (Å²) < 4.78 is 0. The average Bonchev–Trinajstić information content (AvgIpc) is 2.64. The summed E-state index contributed by atoms with van der Waals surface area (Å²) in [6, 6.07) is -0.341. The number of primary amides is 1. The number of hydroxylamine groups is 1. The van der Waals surface area contributed by atoms with Crippen molar-refractivity contribution in [1.29, 1.82) is 0 Å². The number of hydrogen-bond donors (Lipinski definition) is 3. The fourth-order valence-corrected chi connectivity index (χ4v) is 2.87. The number of nitrogens with two attached hydrogens (primary N) is 1. The van der Waals surface area contributed by atoms with Crippen LogP contribution in [0.3, 0.4) is 0 Å². The Bertz CT molecular complexity index is 679. The largest absolute Gasteiger partial charge is 0.366 e. The van der Waals surface area contributed by atoms with Crippen molar-refractivity contribution in [2.45, 2.75) is 43.1 Å². The summed E-state index contributed by atoms with van der Waals surface area (Å²) in [5.74, 6) is -0.460. The molecule has 0 fully saturated rings. The Morgan fingerprint density at radius 1 is 1.42 bits per heavy atom. The van der Waals surface area contributed by atoms with Gasteiger partial charge in [-0.2, -0.15) is 0 Å². The molecule has 140 valence electrons. The molecule has 0 aromatic rings. The molecule has 2 rings (SSSR count). The summed E-state index contributed by atoms with van der Waals surface area (Å²) in [5, 5.41) is 8.57. The molecule has 4 N–H and O–H groups in total. The van der Waals surface area contributed by atoms with Gasteiger partial charge in [-0.3, -0.25) is 14.8 Å². The first kappa shape index (κ1) is 20.3. The zero-order chi connectivity index (χ0) is 18.9. The number of halogens is 1. The predicted molar refractivity (Wildman–Crippen MR) is 106 cm³/mol. The van der Waals surface area contributed by atoms with Gasteiger partial charge in [0.1, 0.15) is 0 Å². The number of carbonyl (C=O) groups is 1. The normalized spacial score (nSPS) is 23.1. The summed E-state index contributed by atoms with van der Waals surface area (Å²) in [4.78, 5) is 21.0. The topological polar surface area (TPSA) is 100 Å².